The minimum absolute atomic E-state index is 0.154. The van der Waals surface area contributed by atoms with Gasteiger partial charge in [-0.1, -0.05) is 24.3 Å². The molecule has 0 radical (unpaired) electrons. The van der Waals surface area contributed by atoms with Crippen LogP contribution in [0.1, 0.15) is 5.56 Å². The van der Waals surface area contributed by atoms with Crippen LogP contribution in [0.15, 0.2) is 51.8 Å². The molecule has 0 heterocycles. The smallest absolute Gasteiger partial charge is 0.162 e. The van der Waals surface area contributed by atoms with E-state index in [4.69, 9.17) is 5.84 Å². The molecule has 2 aromatic rings. The molecule has 2 nitrogen and oxygen atoms in total. The highest BCUT2D eigenvalue weighted by atomic mass is 79.9. The Morgan fingerprint density at radius 1 is 1.14 bits per heavy atom. The van der Waals surface area contributed by atoms with Crippen molar-refractivity contribution >= 4 is 27.7 Å². The van der Waals surface area contributed by atoms with Gasteiger partial charge in [0.25, 0.3) is 0 Å². The third kappa shape index (κ3) is 4.51. The van der Waals surface area contributed by atoms with E-state index in [-0.39, 0.29) is 6.04 Å². The van der Waals surface area contributed by atoms with Crippen molar-refractivity contribution in [2.75, 3.05) is 5.75 Å². The van der Waals surface area contributed by atoms with Gasteiger partial charge in [-0.25, -0.2) is 8.78 Å². The Morgan fingerprint density at radius 2 is 1.90 bits per heavy atom. The van der Waals surface area contributed by atoms with E-state index in [0.29, 0.717) is 17.7 Å². The van der Waals surface area contributed by atoms with Gasteiger partial charge < -0.3 is 0 Å². The van der Waals surface area contributed by atoms with E-state index in [0.717, 1.165) is 15.4 Å². The Kier molecular flexibility index (Phi) is 6.17. The lowest BCUT2D eigenvalue weighted by Gasteiger charge is -2.16. The third-order valence-electron chi connectivity index (χ3n) is 3.01. The summed E-state index contributed by atoms with van der Waals surface area (Å²) in [6, 6.07) is 11.9. The van der Waals surface area contributed by atoms with Crippen molar-refractivity contribution in [2.24, 2.45) is 5.84 Å². The minimum atomic E-state index is -0.832. The molecule has 0 spiro atoms. The molecule has 2 rings (SSSR count). The molecule has 0 amide bonds. The number of hydrogen-bond donors (Lipinski definition) is 2. The fraction of sp³-hybridized carbons (Fsp3) is 0.200. The molecule has 21 heavy (non-hydrogen) atoms. The predicted molar refractivity (Wildman–Crippen MR) is 86.0 cm³/mol. The first-order valence-electron chi connectivity index (χ1n) is 6.38. The van der Waals surface area contributed by atoms with Gasteiger partial charge in [0.15, 0.2) is 11.6 Å². The summed E-state index contributed by atoms with van der Waals surface area (Å²) in [7, 11) is 0. The van der Waals surface area contributed by atoms with Gasteiger partial charge in [-0.15, -0.1) is 11.8 Å². The van der Waals surface area contributed by atoms with E-state index in [9.17, 15) is 8.78 Å². The van der Waals surface area contributed by atoms with E-state index in [1.807, 2.05) is 24.3 Å². The molecule has 1 unspecified atom stereocenters. The highest BCUT2D eigenvalue weighted by Crippen LogP contribution is 2.28. The maximum atomic E-state index is 13.7. The maximum absolute atomic E-state index is 13.7. The number of rotatable bonds is 6. The maximum Gasteiger partial charge on any atom is 0.162 e. The molecule has 3 N–H and O–H groups in total. The van der Waals surface area contributed by atoms with Crippen LogP contribution in [0, 0.1) is 11.6 Å². The molecule has 2 aromatic carbocycles. The molecule has 0 aliphatic carbocycles. The van der Waals surface area contributed by atoms with Crippen LogP contribution in [-0.2, 0) is 6.42 Å². The molecule has 0 bridgehead atoms. The van der Waals surface area contributed by atoms with Crippen LogP contribution in [-0.4, -0.2) is 11.8 Å². The summed E-state index contributed by atoms with van der Waals surface area (Å²) in [4.78, 5) is 1.08. The largest absolute Gasteiger partial charge is 0.271 e. The molecule has 0 aromatic heterocycles. The lowest BCUT2D eigenvalue weighted by molar-refractivity contribution is 0.486. The van der Waals surface area contributed by atoms with Crippen LogP contribution in [0.5, 0.6) is 0 Å². The summed E-state index contributed by atoms with van der Waals surface area (Å²) < 4.78 is 27.9. The van der Waals surface area contributed by atoms with Crippen LogP contribution < -0.4 is 11.3 Å². The zero-order valence-corrected chi connectivity index (χ0v) is 13.6. The topological polar surface area (TPSA) is 38.0 Å². The third-order valence-corrected chi connectivity index (χ3v) is 5.20. The average molecular weight is 373 g/mol. The van der Waals surface area contributed by atoms with Crippen LogP contribution >= 0.6 is 27.7 Å². The van der Waals surface area contributed by atoms with Gasteiger partial charge in [0.05, 0.1) is 0 Å². The Labute approximate surface area is 135 Å². The van der Waals surface area contributed by atoms with Crippen molar-refractivity contribution in [1.82, 2.24) is 5.43 Å². The summed E-state index contributed by atoms with van der Waals surface area (Å²) in [6.45, 7) is 0. The SMILES string of the molecule is NNC(CSc1ccccc1Br)Cc1cccc(F)c1F. The standard InChI is InChI=1S/C15H15BrF2N2S/c16-12-5-1-2-7-14(12)21-9-11(20-19)8-10-4-3-6-13(17)15(10)18/h1-7,11,20H,8-9,19H2. The Balaban J connectivity index is 2.01. The van der Waals surface area contributed by atoms with Gasteiger partial charge in [-0.05, 0) is 46.1 Å². The van der Waals surface area contributed by atoms with Gasteiger partial charge >= 0.3 is 0 Å². The predicted octanol–water partition coefficient (Wildman–Crippen LogP) is 3.89. The Hall–Kier alpha value is -0.950. The van der Waals surface area contributed by atoms with Crippen molar-refractivity contribution in [3.05, 3.63) is 64.1 Å². The van der Waals surface area contributed by atoms with E-state index >= 15 is 0 Å². The number of nitrogens with two attached hydrogens (primary N) is 1. The molecule has 0 aliphatic heterocycles. The quantitative estimate of drug-likeness (QED) is 0.458. The first-order chi connectivity index (χ1) is 10.1. The highest BCUT2D eigenvalue weighted by Gasteiger charge is 2.14. The zero-order chi connectivity index (χ0) is 15.2. The molecule has 6 heteroatoms. The summed E-state index contributed by atoms with van der Waals surface area (Å²) in [6.07, 6.45) is 0.331. The van der Waals surface area contributed by atoms with Gasteiger partial charge in [-0.2, -0.15) is 0 Å². The molecule has 0 aliphatic rings. The second-order valence-electron chi connectivity index (χ2n) is 4.52. The number of hydrazine groups is 1. The first kappa shape index (κ1) is 16.4. The second kappa shape index (κ2) is 7.89. The highest BCUT2D eigenvalue weighted by molar-refractivity contribution is 9.10. The first-order valence-corrected chi connectivity index (χ1v) is 8.16. The van der Waals surface area contributed by atoms with Crippen LogP contribution in [0.25, 0.3) is 0 Å². The number of benzene rings is 2. The summed E-state index contributed by atoms with van der Waals surface area (Å²) in [5.74, 6) is 4.53. The van der Waals surface area contributed by atoms with Gasteiger partial charge in [0, 0.05) is 21.2 Å². The lowest BCUT2D eigenvalue weighted by Crippen LogP contribution is -2.38. The molecule has 1 atom stereocenters. The molecule has 112 valence electrons. The fourth-order valence-corrected chi connectivity index (χ4v) is 3.49. The zero-order valence-electron chi connectivity index (χ0n) is 11.2. The van der Waals surface area contributed by atoms with E-state index in [1.54, 1.807) is 17.8 Å². The summed E-state index contributed by atoms with van der Waals surface area (Å²) in [5.41, 5.74) is 2.99. The summed E-state index contributed by atoms with van der Waals surface area (Å²) in [5, 5.41) is 0. The number of hydrogen-bond acceptors (Lipinski definition) is 3. The Bertz CT molecular complexity index is 610. The number of nitrogens with one attached hydrogen (secondary N) is 1. The number of thioether (sulfide) groups is 1. The van der Waals surface area contributed by atoms with E-state index in [1.165, 1.54) is 6.07 Å². The van der Waals surface area contributed by atoms with Crippen molar-refractivity contribution in [1.29, 1.82) is 0 Å². The van der Waals surface area contributed by atoms with E-state index < -0.39 is 11.6 Å². The monoisotopic (exact) mass is 372 g/mol. The fourth-order valence-electron chi connectivity index (χ4n) is 1.89. The molecule has 0 saturated heterocycles. The number of halogens is 3. The van der Waals surface area contributed by atoms with Crippen molar-refractivity contribution in [3.63, 3.8) is 0 Å². The molecule has 0 saturated carbocycles. The average Bonchev–Trinajstić information content (AvgIpc) is 2.49. The van der Waals surface area contributed by atoms with Gasteiger partial charge in [-0.3, -0.25) is 11.3 Å². The van der Waals surface area contributed by atoms with Crippen LogP contribution in [0.3, 0.4) is 0 Å². The second-order valence-corrected chi connectivity index (χ2v) is 6.44. The van der Waals surface area contributed by atoms with Crippen molar-refractivity contribution in [3.8, 4) is 0 Å². The molecular formula is C15H15BrF2N2S. The van der Waals surface area contributed by atoms with Crippen molar-refractivity contribution < 1.29 is 8.78 Å². The Morgan fingerprint density at radius 3 is 2.62 bits per heavy atom. The van der Waals surface area contributed by atoms with Crippen LogP contribution in [0.2, 0.25) is 0 Å². The van der Waals surface area contributed by atoms with E-state index in [2.05, 4.69) is 21.4 Å². The molecular weight excluding hydrogens is 358 g/mol. The normalized spacial score (nSPS) is 12.4. The molecule has 0 fully saturated rings. The lowest BCUT2D eigenvalue weighted by atomic mass is 10.1. The van der Waals surface area contributed by atoms with Crippen molar-refractivity contribution in [2.45, 2.75) is 17.4 Å². The van der Waals surface area contributed by atoms with Crippen LogP contribution in [0.4, 0.5) is 8.78 Å². The minimum Gasteiger partial charge on any atom is -0.271 e. The van der Waals surface area contributed by atoms with Gasteiger partial charge in [0.1, 0.15) is 0 Å². The van der Waals surface area contributed by atoms with Gasteiger partial charge in [0.2, 0.25) is 0 Å². The summed E-state index contributed by atoms with van der Waals surface area (Å²) >= 11 is 5.08.